The number of aliphatic carboxylic acids is 1. The van der Waals surface area contributed by atoms with E-state index in [1.54, 1.807) is 0 Å². The smallest absolute Gasteiger partial charge is 0.131 e. The molecule has 0 saturated carbocycles. The van der Waals surface area contributed by atoms with Crippen LogP contribution in [0.2, 0.25) is 0 Å². The molecule has 1 aromatic heterocycles. The van der Waals surface area contributed by atoms with E-state index in [2.05, 4.69) is 23.2 Å². The van der Waals surface area contributed by atoms with Crippen molar-refractivity contribution >= 4 is 16.9 Å². The van der Waals surface area contributed by atoms with Crippen LogP contribution in [-0.4, -0.2) is 17.0 Å². The van der Waals surface area contributed by atoms with Crippen molar-refractivity contribution < 1.29 is 15.2 Å². The summed E-state index contributed by atoms with van der Waals surface area (Å²) < 4.78 is 0. The van der Waals surface area contributed by atoms with E-state index in [9.17, 15) is 9.90 Å². The predicted molar refractivity (Wildman–Crippen MR) is 85.6 cm³/mol. The van der Waals surface area contributed by atoms with Gasteiger partial charge in [0.25, 0.3) is 0 Å². The number of hydrogen-bond acceptors (Lipinski definition) is 2. The van der Waals surface area contributed by atoms with Crippen LogP contribution in [0.15, 0.2) is 54.6 Å². The number of carboxylic acid groups (broad SMARTS) is 1. The number of nitrogens with two attached hydrogens (primary N) is 1. The molecule has 1 aliphatic heterocycles. The highest BCUT2D eigenvalue weighted by atomic mass is 16.4. The zero-order valence-electron chi connectivity index (χ0n) is 12.7. The van der Waals surface area contributed by atoms with E-state index in [4.69, 9.17) is 0 Å². The van der Waals surface area contributed by atoms with Crippen molar-refractivity contribution in [3.63, 3.8) is 0 Å². The monoisotopic (exact) mass is 306 g/mol. The van der Waals surface area contributed by atoms with E-state index in [-0.39, 0.29) is 6.04 Å². The highest BCUT2D eigenvalue weighted by molar-refractivity contribution is 5.86. The summed E-state index contributed by atoms with van der Waals surface area (Å²) in [7, 11) is 0. The first-order valence-corrected chi connectivity index (χ1v) is 7.91. The quantitative estimate of drug-likeness (QED) is 0.747. The number of H-pyrrole nitrogens is 1. The lowest BCUT2D eigenvalue weighted by Gasteiger charge is -2.28. The maximum absolute atomic E-state index is 11.5. The normalized spacial score (nSPS) is 20.3. The van der Waals surface area contributed by atoms with Crippen LogP contribution in [0.3, 0.4) is 0 Å². The number of carboxylic acids is 1. The third kappa shape index (κ3) is 2.51. The van der Waals surface area contributed by atoms with Gasteiger partial charge in [0, 0.05) is 23.7 Å². The van der Waals surface area contributed by atoms with Gasteiger partial charge in [-0.15, -0.1) is 0 Å². The first-order chi connectivity index (χ1) is 11.2. The summed E-state index contributed by atoms with van der Waals surface area (Å²) in [6.07, 6.45) is 1.30. The molecule has 4 heteroatoms. The Morgan fingerprint density at radius 3 is 2.65 bits per heavy atom. The van der Waals surface area contributed by atoms with E-state index in [1.165, 1.54) is 5.56 Å². The number of quaternary nitrogens is 1. The maximum Gasteiger partial charge on any atom is 0.131 e. The Labute approximate surface area is 134 Å². The lowest BCUT2D eigenvalue weighted by atomic mass is 9.91. The zero-order chi connectivity index (χ0) is 15.8. The van der Waals surface area contributed by atoms with Crippen LogP contribution in [-0.2, 0) is 17.6 Å². The molecule has 0 unspecified atom stereocenters. The fourth-order valence-corrected chi connectivity index (χ4v) is 3.62. The molecule has 23 heavy (non-hydrogen) atoms. The summed E-state index contributed by atoms with van der Waals surface area (Å²) in [6.45, 7) is 0. The van der Waals surface area contributed by atoms with Crippen LogP contribution in [0.25, 0.3) is 10.9 Å². The van der Waals surface area contributed by atoms with Crippen LogP contribution in [0, 0.1) is 0 Å². The first kappa shape index (κ1) is 14.0. The molecular formula is C19H18N2O2. The molecule has 2 aromatic carbocycles. The molecule has 3 aromatic rings. The SMILES string of the molecule is O=C([O-])[C@H]1Cc2c([nH]c3ccccc23)[C@H](Cc2ccccc2)[NH2+]1. The number of carbonyl (C=O) groups excluding carboxylic acids is 1. The number of benzene rings is 2. The number of fused-ring (bicyclic) bond motifs is 3. The Morgan fingerprint density at radius 2 is 1.87 bits per heavy atom. The average molecular weight is 306 g/mol. The molecular weight excluding hydrogens is 288 g/mol. The van der Waals surface area contributed by atoms with Crippen molar-refractivity contribution in [2.45, 2.75) is 24.9 Å². The van der Waals surface area contributed by atoms with Gasteiger partial charge in [-0.05, 0) is 17.2 Å². The van der Waals surface area contributed by atoms with E-state index in [1.807, 2.05) is 41.7 Å². The molecule has 0 bridgehead atoms. The summed E-state index contributed by atoms with van der Waals surface area (Å²) in [5.74, 6) is -0.987. The van der Waals surface area contributed by atoms with Crippen LogP contribution in [0.5, 0.6) is 0 Å². The Hall–Kier alpha value is -2.59. The second-order valence-corrected chi connectivity index (χ2v) is 6.18. The number of nitrogens with one attached hydrogen (secondary N) is 1. The van der Waals surface area contributed by atoms with Gasteiger partial charge >= 0.3 is 0 Å². The van der Waals surface area contributed by atoms with Gasteiger partial charge in [-0.2, -0.15) is 0 Å². The van der Waals surface area contributed by atoms with Crippen molar-refractivity contribution in [1.82, 2.24) is 4.98 Å². The molecule has 4 rings (SSSR count). The molecule has 0 saturated heterocycles. The standard InChI is InChI=1S/C19H18N2O2/c22-19(23)17-11-14-13-8-4-5-9-15(13)21-18(14)16(20-17)10-12-6-2-1-3-7-12/h1-9,16-17,20-21H,10-11H2,(H,22,23)/t16-,17+/m0/s1. The van der Waals surface area contributed by atoms with E-state index < -0.39 is 12.0 Å². The van der Waals surface area contributed by atoms with E-state index in [0.717, 1.165) is 28.6 Å². The molecule has 2 atom stereocenters. The Morgan fingerprint density at radius 1 is 1.13 bits per heavy atom. The molecule has 0 radical (unpaired) electrons. The number of aromatic nitrogens is 1. The van der Waals surface area contributed by atoms with Crippen molar-refractivity contribution in [2.24, 2.45) is 0 Å². The lowest BCUT2D eigenvalue weighted by Crippen LogP contribution is -2.95. The maximum atomic E-state index is 11.5. The highest BCUT2D eigenvalue weighted by Crippen LogP contribution is 2.30. The Balaban J connectivity index is 1.78. The number of para-hydroxylation sites is 1. The summed E-state index contributed by atoms with van der Waals surface area (Å²) in [6, 6.07) is 17.8. The molecule has 0 aliphatic carbocycles. The van der Waals surface area contributed by atoms with Gasteiger partial charge in [-0.25, -0.2) is 0 Å². The van der Waals surface area contributed by atoms with Gasteiger partial charge in [0.2, 0.25) is 0 Å². The summed E-state index contributed by atoms with van der Waals surface area (Å²) in [5.41, 5.74) is 4.55. The van der Waals surface area contributed by atoms with Crippen molar-refractivity contribution in [1.29, 1.82) is 0 Å². The largest absolute Gasteiger partial charge is 0.544 e. The van der Waals surface area contributed by atoms with Crippen LogP contribution < -0.4 is 10.4 Å². The zero-order valence-corrected chi connectivity index (χ0v) is 12.7. The van der Waals surface area contributed by atoms with Crippen molar-refractivity contribution in [3.05, 3.63) is 71.4 Å². The third-order valence-electron chi connectivity index (χ3n) is 4.71. The number of carbonyl (C=O) groups is 1. The fraction of sp³-hybridized carbons (Fsp3) is 0.211. The third-order valence-corrected chi connectivity index (χ3v) is 4.71. The highest BCUT2D eigenvalue weighted by Gasteiger charge is 2.33. The van der Waals surface area contributed by atoms with Crippen molar-refractivity contribution in [3.8, 4) is 0 Å². The van der Waals surface area contributed by atoms with Crippen LogP contribution >= 0.6 is 0 Å². The molecule has 3 N–H and O–H groups in total. The molecule has 116 valence electrons. The number of rotatable bonds is 3. The minimum Gasteiger partial charge on any atom is -0.544 e. The van der Waals surface area contributed by atoms with Gasteiger partial charge in [0.15, 0.2) is 0 Å². The Kier molecular flexibility index (Phi) is 3.39. The topological polar surface area (TPSA) is 72.5 Å². The molecule has 2 heterocycles. The Bertz CT molecular complexity index is 854. The second kappa shape index (κ2) is 5.56. The van der Waals surface area contributed by atoms with Gasteiger partial charge in [-0.3, -0.25) is 0 Å². The van der Waals surface area contributed by atoms with Crippen LogP contribution in [0.1, 0.15) is 22.9 Å². The fourth-order valence-electron chi connectivity index (χ4n) is 3.62. The summed E-state index contributed by atoms with van der Waals surface area (Å²) in [5, 5.41) is 14.5. The van der Waals surface area contributed by atoms with Crippen molar-refractivity contribution in [2.75, 3.05) is 0 Å². The van der Waals surface area contributed by atoms with Crippen LogP contribution in [0.4, 0.5) is 0 Å². The molecule has 0 spiro atoms. The lowest BCUT2D eigenvalue weighted by molar-refractivity contribution is -0.725. The van der Waals surface area contributed by atoms with Gasteiger partial charge in [0.1, 0.15) is 12.1 Å². The predicted octanol–water partition coefficient (Wildman–Crippen LogP) is 0.690. The van der Waals surface area contributed by atoms with E-state index in [0.29, 0.717) is 6.42 Å². The molecule has 0 fully saturated rings. The van der Waals surface area contributed by atoms with Gasteiger partial charge in [-0.1, -0.05) is 48.5 Å². The van der Waals surface area contributed by atoms with E-state index >= 15 is 0 Å². The average Bonchev–Trinajstić information content (AvgIpc) is 2.95. The molecule has 1 aliphatic rings. The first-order valence-electron chi connectivity index (χ1n) is 7.91. The summed E-state index contributed by atoms with van der Waals surface area (Å²) in [4.78, 5) is 15.0. The van der Waals surface area contributed by atoms with Gasteiger partial charge in [0.05, 0.1) is 11.7 Å². The number of hydrogen-bond donors (Lipinski definition) is 2. The second-order valence-electron chi connectivity index (χ2n) is 6.18. The molecule has 4 nitrogen and oxygen atoms in total. The minimum absolute atomic E-state index is 0.0662. The summed E-state index contributed by atoms with van der Waals surface area (Å²) >= 11 is 0. The van der Waals surface area contributed by atoms with Gasteiger partial charge < -0.3 is 20.2 Å². The number of aromatic amines is 1. The molecule has 0 amide bonds. The minimum atomic E-state index is -0.987.